The van der Waals surface area contributed by atoms with Gasteiger partial charge in [0, 0.05) is 6.07 Å². The molecule has 6 heteroatoms. The SMILES string of the molecule is COc1cnc(C(=O)Nc2ccccc2O)c(OC2CCCC2)c1. The van der Waals surface area contributed by atoms with E-state index in [0.29, 0.717) is 17.2 Å². The average molecular weight is 328 g/mol. The van der Waals surface area contributed by atoms with E-state index < -0.39 is 5.91 Å². The number of phenolic OH excluding ortho intramolecular Hbond substituents is 1. The lowest BCUT2D eigenvalue weighted by molar-refractivity contribution is 0.101. The predicted octanol–water partition coefficient (Wildman–Crippen LogP) is 3.37. The molecule has 126 valence electrons. The highest BCUT2D eigenvalue weighted by Crippen LogP contribution is 2.30. The second-order valence-corrected chi connectivity index (χ2v) is 5.72. The number of nitrogens with one attached hydrogen (secondary N) is 1. The Hall–Kier alpha value is -2.76. The third kappa shape index (κ3) is 3.59. The fourth-order valence-corrected chi connectivity index (χ4v) is 2.75. The molecular weight excluding hydrogens is 308 g/mol. The number of ether oxygens (including phenoxy) is 2. The number of para-hydroxylation sites is 2. The lowest BCUT2D eigenvalue weighted by atomic mass is 10.2. The molecule has 0 atom stereocenters. The quantitative estimate of drug-likeness (QED) is 0.823. The third-order valence-electron chi connectivity index (χ3n) is 4.03. The zero-order chi connectivity index (χ0) is 16.9. The van der Waals surface area contributed by atoms with Crippen LogP contribution >= 0.6 is 0 Å². The number of methoxy groups -OCH3 is 1. The van der Waals surface area contributed by atoms with Gasteiger partial charge in [0.25, 0.3) is 5.91 Å². The maximum Gasteiger partial charge on any atom is 0.278 e. The maximum absolute atomic E-state index is 12.6. The van der Waals surface area contributed by atoms with Crippen molar-refractivity contribution in [3.8, 4) is 17.2 Å². The second-order valence-electron chi connectivity index (χ2n) is 5.72. The Kier molecular flexibility index (Phi) is 4.84. The smallest absolute Gasteiger partial charge is 0.278 e. The van der Waals surface area contributed by atoms with Crippen LogP contribution in [0.5, 0.6) is 17.2 Å². The topological polar surface area (TPSA) is 80.7 Å². The number of amides is 1. The summed E-state index contributed by atoms with van der Waals surface area (Å²) in [6.07, 6.45) is 5.76. The number of carbonyl (C=O) groups is 1. The van der Waals surface area contributed by atoms with Gasteiger partial charge in [-0.1, -0.05) is 12.1 Å². The Morgan fingerprint density at radius 1 is 1.29 bits per heavy atom. The van der Waals surface area contributed by atoms with Gasteiger partial charge in [-0.25, -0.2) is 4.98 Å². The highest BCUT2D eigenvalue weighted by molar-refractivity contribution is 6.05. The summed E-state index contributed by atoms with van der Waals surface area (Å²) in [6.45, 7) is 0. The highest BCUT2D eigenvalue weighted by Gasteiger charge is 2.22. The van der Waals surface area contributed by atoms with Crippen molar-refractivity contribution in [1.82, 2.24) is 4.98 Å². The average Bonchev–Trinajstić information content (AvgIpc) is 3.09. The van der Waals surface area contributed by atoms with Gasteiger partial charge >= 0.3 is 0 Å². The summed E-state index contributed by atoms with van der Waals surface area (Å²) in [5.74, 6) is 0.487. The summed E-state index contributed by atoms with van der Waals surface area (Å²) in [5, 5.41) is 12.5. The van der Waals surface area contributed by atoms with Crippen LogP contribution in [-0.2, 0) is 0 Å². The number of nitrogens with zero attached hydrogens (tertiary/aromatic N) is 1. The van der Waals surface area contributed by atoms with E-state index in [0.717, 1.165) is 25.7 Å². The van der Waals surface area contributed by atoms with Gasteiger partial charge in [-0.2, -0.15) is 0 Å². The van der Waals surface area contributed by atoms with Crippen LogP contribution in [0.15, 0.2) is 36.5 Å². The molecule has 0 aliphatic heterocycles. The summed E-state index contributed by atoms with van der Waals surface area (Å²) in [4.78, 5) is 16.7. The van der Waals surface area contributed by atoms with Crippen molar-refractivity contribution in [2.24, 2.45) is 0 Å². The maximum atomic E-state index is 12.6. The lowest BCUT2D eigenvalue weighted by Crippen LogP contribution is -2.19. The molecule has 0 unspecified atom stereocenters. The fraction of sp³-hybridized carbons (Fsp3) is 0.333. The predicted molar refractivity (Wildman–Crippen MR) is 89.7 cm³/mol. The van der Waals surface area contributed by atoms with Crippen molar-refractivity contribution in [2.75, 3.05) is 12.4 Å². The Labute approximate surface area is 140 Å². The van der Waals surface area contributed by atoms with Crippen LogP contribution in [0.3, 0.4) is 0 Å². The minimum atomic E-state index is -0.438. The number of aromatic hydroxyl groups is 1. The minimum Gasteiger partial charge on any atom is -0.506 e. The van der Waals surface area contributed by atoms with Crippen molar-refractivity contribution >= 4 is 11.6 Å². The van der Waals surface area contributed by atoms with Gasteiger partial charge in [0.1, 0.15) is 11.5 Å². The molecule has 2 aromatic rings. The molecule has 1 aromatic heterocycles. The normalized spacial score (nSPS) is 14.4. The molecule has 0 spiro atoms. The number of hydrogen-bond acceptors (Lipinski definition) is 5. The second kappa shape index (κ2) is 7.21. The highest BCUT2D eigenvalue weighted by atomic mass is 16.5. The van der Waals surface area contributed by atoms with E-state index in [4.69, 9.17) is 9.47 Å². The lowest BCUT2D eigenvalue weighted by Gasteiger charge is -2.16. The van der Waals surface area contributed by atoms with Crippen LogP contribution in [0.2, 0.25) is 0 Å². The zero-order valence-electron chi connectivity index (χ0n) is 13.5. The Morgan fingerprint density at radius 2 is 2.04 bits per heavy atom. The number of anilines is 1. The number of aromatic nitrogens is 1. The fourth-order valence-electron chi connectivity index (χ4n) is 2.75. The van der Waals surface area contributed by atoms with E-state index in [1.165, 1.54) is 19.4 Å². The van der Waals surface area contributed by atoms with Crippen LogP contribution in [-0.4, -0.2) is 29.2 Å². The summed E-state index contributed by atoms with van der Waals surface area (Å²) >= 11 is 0. The van der Waals surface area contributed by atoms with Gasteiger partial charge in [0.05, 0.1) is 25.1 Å². The molecule has 0 radical (unpaired) electrons. The number of hydrogen-bond donors (Lipinski definition) is 2. The first-order chi connectivity index (χ1) is 11.7. The largest absolute Gasteiger partial charge is 0.506 e. The summed E-state index contributed by atoms with van der Waals surface area (Å²) in [5.41, 5.74) is 0.498. The van der Waals surface area contributed by atoms with E-state index in [-0.39, 0.29) is 17.5 Å². The van der Waals surface area contributed by atoms with Gasteiger partial charge in [-0.15, -0.1) is 0 Å². The van der Waals surface area contributed by atoms with Crippen LogP contribution in [0, 0.1) is 0 Å². The Morgan fingerprint density at radius 3 is 2.75 bits per heavy atom. The molecule has 1 amide bonds. The van der Waals surface area contributed by atoms with Crippen molar-refractivity contribution in [3.05, 3.63) is 42.2 Å². The van der Waals surface area contributed by atoms with E-state index in [1.807, 2.05) is 0 Å². The van der Waals surface area contributed by atoms with E-state index in [1.54, 1.807) is 24.3 Å². The number of phenols is 1. The van der Waals surface area contributed by atoms with Crippen LogP contribution in [0.1, 0.15) is 36.2 Å². The van der Waals surface area contributed by atoms with Gasteiger partial charge in [0.2, 0.25) is 0 Å². The minimum absolute atomic E-state index is 0.00220. The van der Waals surface area contributed by atoms with Gasteiger partial charge in [-0.3, -0.25) is 4.79 Å². The molecule has 0 bridgehead atoms. The van der Waals surface area contributed by atoms with Crippen molar-refractivity contribution in [2.45, 2.75) is 31.8 Å². The number of pyridine rings is 1. The molecule has 1 saturated carbocycles. The van der Waals surface area contributed by atoms with Crippen molar-refractivity contribution < 1.29 is 19.4 Å². The van der Waals surface area contributed by atoms with Gasteiger partial charge in [-0.05, 0) is 37.8 Å². The summed E-state index contributed by atoms with van der Waals surface area (Å²) < 4.78 is 11.1. The first-order valence-electron chi connectivity index (χ1n) is 7.97. The molecule has 2 N–H and O–H groups in total. The number of benzene rings is 1. The van der Waals surface area contributed by atoms with Gasteiger partial charge in [0.15, 0.2) is 11.4 Å². The van der Waals surface area contributed by atoms with Crippen LogP contribution in [0.25, 0.3) is 0 Å². The summed E-state index contributed by atoms with van der Waals surface area (Å²) in [7, 11) is 1.54. The third-order valence-corrected chi connectivity index (χ3v) is 4.03. The molecule has 3 rings (SSSR count). The number of rotatable bonds is 5. The molecule has 1 aromatic carbocycles. The molecule has 1 heterocycles. The number of carbonyl (C=O) groups excluding carboxylic acids is 1. The van der Waals surface area contributed by atoms with Crippen LogP contribution < -0.4 is 14.8 Å². The molecule has 1 fully saturated rings. The molecule has 24 heavy (non-hydrogen) atoms. The summed E-state index contributed by atoms with van der Waals surface area (Å²) in [6, 6.07) is 8.21. The monoisotopic (exact) mass is 328 g/mol. The molecule has 6 nitrogen and oxygen atoms in total. The zero-order valence-corrected chi connectivity index (χ0v) is 13.5. The molecule has 1 aliphatic rings. The van der Waals surface area contributed by atoms with Crippen molar-refractivity contribution in [3.63, 3.8) is 0 Å². The molecule has 1 aliphatic carbocycles. The van der Waals surface area contributed by atoms with Crippen molar-refractivity contribution in [1.29, 1.82) is 0 Å². The molecular formula is C18H20N2O4. The van der Waals surface area contributed by atoms with Gasteiger partial charge < -0.3 is 19.9 Å². The van der Waals surface area contributed by atoms with E-state index in [9.17, 15) is 9.90 Å². The first-order valence-corrected chi connectivity index (χ1v) is 7.97. The molecule has 0 saturated heterocycles. The standard InChI is InChI=1S/C18H20N2O4/c1-23-13-10-16(24-12-6-2-3-7-12)17(19-11-13)18(22)20-14-8-4-5-9-15(14)21/h4-5,8-12,21H,2-3,6-7H2,1H3,(H,20,22). The Bertz CT molecular complexity index is 727. The first kappa shape index (κ1) is 16.1. The Balaban J connectivity index is 1.85. The van der Waals surface area contributed by atoms with Crippen LogP contribution in [0.4, 0.5) is 5.69 Å². The van der Waals surface area contributed by atoms with E-state index >= 15 is 0 Å². The van der Waals surface area contributed by atoms with E-state index in [2.05, 4.69) is 10.3 Å².